The highest BCUT2D eigenvalue weighted by atomic mass is 19.1. The number of amides is 1. The Morgan fingerprint density at radius 2 is 2.00 bits per heavy atom. The zero-order chi connectivity index (χ0) is 15.8. The fraction of sp³-hybridized carbons (Fsp3) is 0.438. The maximum atomic E-state index is 12.9. The van der Waals surface area contributed by atoms with E-state index in [9.17, 15) is 9.18 Å². The molecule has 1 N–H and O–H groups in total. The van der Waals surface area contributed by atoms with Gasteiger partial charge in [-0.3, -0.25) is 4.79 Å². The monoisotopic (exact) mass is 305 g/mol. The molecule has 0 aliphatic carbocycles. The first-order chi connectivity index (χ1) is 10.7. The Hall–Kier alpha value is -2.24. The van der Waals surface area contributed by atoms with Gasteiger partial charge in [-0.05, 0) is 30.7 Å². The van der Waals surface area contributed by atoms with Gasteiger partial charge in [0.2, 0.25) is 17.7 Å². The zero-order valence-corrected chi connectivity index (χ0v) is 12.6. The third kappa shape index (κ3) is 4.95. The van der Waals surface area contributed by atoms with E-state index in [0.717, 1.165) is 19.3 Å². The number of hydrogen-bond donors (Lipinski definition) is 1. The quantitative estimate of drug-likeness (QED) is 0.761. The van der Waals surface area contributed by atoms with Gasteiger partial charge in [-0.15, -0.1) is 10.2 Å². The summed E-state index contributed by atoms with van der Waals surface area (Å²) in [6, 6.07) is 5.83. The molecule has 0 bridgehead atoms. The van der Waals surface area contributed by atoms with Crippen LogP contribution < -0.4 is 5.32 Å². The summed E-state index contributed by atoms with van der Waals surface area (Å²) in [6.07, 6.45) is 3.96. The first-order valence-corrected chi connectivity index (χ1v) is 7.54. The number of aromatic nitrogens is 2. The zero-order valence-electron chi connectivity index (χ0n) is 12.6. The van der Waals surface area contributed by atoms with E-state index < -0.39 is 0 Å². The smallest absolute Gasteiger partial charge is 0.247 e. The Labute approximate surface area is 128 Å². The summed E-state index contributed by atoms with van der Waals surface area (Å²) in [5.41, 5.74) is 0.657. The lowest BCUT2D eigenvalue weighted by atomic mass is 10.2. The molecule has 2 aromatic rings. The summed E-state index contributed by atoms with van der Waals surface area (Å²) < 4.78 is 18.3. The molecule has 0 saturated carbocycles. The number of carbonyl (C=O) groups is 1. The molecule has 6 heteroatoms. The van der Waals surface area contributed by atoms with Crippen LogP contribution in [0.4, 0.5) is 4.39 Å². The largest absolute Gasteiger partial charge is 0.421 e. The Kier molecular flexibility index (Phi) is 6.06. The van der Waals surface area contributed by atoms with Crippen LogP contribution in [0.2, 0.25) is 0 Å². The van der Waals surface area contributed by atoms with Crippen LogP contribution in [-0.2, 0) is 11.2 Å². The topological polar surface area (TPSA) is 68.0 Å². The molecule has 0 radical (unpaired) electrons. The maximum Gasteiger partial charge on any atom is 0.247 e. The fourth-order valence-corrected chi connectivity index (χ4v) is 1.98. The fourth-order valence-electron chi connectivity index (χ4n) is 1.98. The van der Waals surface area contributed by atoms with Crippen LogP contribution in [0.15, 0.2) is 28.7 Å². The van der Waals surface area contributed by atoms with Crippen molar-refractivity contribution >= 4 is 5.91 Å². The Morgan fingerprint density at radius 3 is 2.73 bits per heavy atom. The van der Waals surface area contributed by atoms with Gasteiger partial charge < -0.3 is 9.73 Å². The van der Waals surface area contributed by atoms with Crippen LogP contribution in [0.5, 0.6) is 0 Å². The first-order valence-electron chi connectivity index (χ1n) is 7.54. The minimum Gasteiger partial charge on any atom is -0.421 e. The highest BCUT2D eigenvalue weighted by molar-refractivity contribution is 5.75. The van der Waals surface area contributed by atoms with Crippen molar-refractivity contribution in [2.24, 2.45) is 0 Å². The minimum absolute atomic E-state index is 0.0161. The van der Waals surface area contributed by atoms with Crippen LogP contribution in [0, 0.1) is 5.82 Å². The van der Waals surface area contributed by atoms with Crippen molar-refractivity contribution in [2.75, 3.05) is 6.54 Å². The molecular weight excluding hydrogens is 285 g/mol. The SMILES string of the molecule is CCCCCNC(=O)CCc1nnc(-c2ccc(F)cc2)o1. The lowest BCUT2D eigenvalue weighted by Gasteiger charge is -2.02. The molecule has 0 unspecified atom stereocenters. The van der Waals surface area contributed by atoms with E-state index in [1.165, 1.54) is 12.1 Å². The summed E-state index contributed by atoms with van der Waals surface area (Å²) in [6.45, 7) is 2.83. The van der Waals surface area contributed by atoms with Gasteiger partial charge in [0.05, 0.1) is 0 Å². The lowest BCUT2D eigenvalue weighted by Crippen LogP contribution is -2.24. The number of rotatable bonds is 8. The molecule has 0 saturated heterocycles. The van der Waals surface area contributed by atoms with Crippen molar-refractivity contribution in [3.05, 3.63) is 36.0 Å². The molecule has 1 amide bonds. The third-order valence-electron chi connectivity index (χ3n) is 3.23. The number of halogens is 1. The molecule has 22 heavy (non-hydrogen) atoms. The Morgan fingerprint density at radius 1 is 1.23 bits per heavy atom. The third-order valence-corrected chi connectivity index (χ3v) is 3.23. The minimum atomic E-state index is -0.316. The Bertz CT molecular complexity index is 596. The van der Waals surface area contributed by atoms with Crippen LogP contribution in [0.25, 0.3) is 11.5 Å². The van der Waals surface area contributed by atoms with Crippen LogP contribution in [0.3, 0.4) is 0 Å². The highest BCUT2D eigenvalue weighted by Gasteiger charge is 2.10. The molecule has 5 nitrogen and oxygen atoms in total. The summed E-state index contributed by atoms with van der Waals surface area (Å²) >= 11 is 0. The summed E-state index contributed by atoms with van der Waals surface area (Å²) in [5, 5.41) is 10.7. The van der Waals surface area contributed by atoms with Crippen LogP contribution in [-0.4, -0.2) is 22.6 Å². The second-order valence-corrected chi connectivity index (χ2v) is 5.06. The molecule has 1 aromatic carbocycles. The Balaban J connectivity index is 1.79. The number of unbranched alkanes of at least 4 members (excludes halogenated alkanes) is 2. The average molecular weight is 305 g/mol. The molecule has 2 rings (SSSR count). The number of hydrogen-bond acceptors (Lipinski definition) is 4. The number of aryl methyl sites for hydroxylation is 1. The van der Waals surface area contributed by atoms with Gasteiger partial charge >= 0.3 is 0 Å². The van der Waals surface area contributed by atoms with Crippen LogP contribution >= 0.6 is 0 Å². The number of nitrogens with one attached hydrogen (secondary N) is 1. The van der Waals surface area contributed by atoms with Crippen molar-refractivity contribution < 1.29 is 13.6 Å². The first kappa shape index (κ1) is 16.1. The molecule has 0 spiro atoms. The van der Waals surface area contributed by atoms with Crippen molar-refractivity contribution in [1.82, 2.24) is 15.5 Å². The molecule has 1 aromatic heterocycles. The van der Waals surface area contributed by atoms with Gasteiger partial charge in [0.15, 0.2) is 0 Å². The molecule has 0 aliphatic rings. The van der Waals surface area contributed by atoms with Gasteiger partial charge in [0, 0.05) is 24.9 Å². The van der Waals surface area contributed by atoms with Gasteiger partial charge in [0.1, 0.15) is 5.82 Å². The van der Waals surface area contributed by atoms with Crippen molar-refractivity contribution in [1.29, 1.82) is 0 Å². The molecular formula is C16H20FN3O2. The molecule has 0 fully saturated rings. The van der Waals surface area contributed by atoms with Gasteiger partial charge in [0.25, 0.3) is 0 Å². The van der Waals surface area contributed by atoms with Crippen molar-refractivity contribution in [3.63, 3.8) is 0 Å². The van der Waals surface area contributed by atoms with E-state index in [1.807, 2.05) is 0 Å². The molecule has 0 atom stereocenters. The average Bonchev–Trinajstić information content (AvgIpc) is 2.99. The van der Waals surface area contributed by atoms with Gasteiger partial charge in [-0.2, -0.15) is 0 Å². The molecule has 0 aliphatic heterocycles. The van der Waals surface area contributed by atoms with Crippen molar-refractivity contribution in [3.8, 4) is 11.5 Å². The summed E-state index contributed by atoms with van der Waals surface area (Å²) in [5.74, 6) is 0.405. The van der Waals surface area contributed by atoms with Gasteiger partial charge in [-0.25, -0.2) is 4.39 Å². The predicted molar refractivity (Wildman–Crippen MR) is 80.5 cm³/mol. The van der Waals surface area contributed by atoms with E-state index >= 15 is 0 Å². The predicted octanol–water partition coefficient (Wildman–Crippen LogP) is 3.11. The molecule has 1 heterocycles. The van der Waals surface area contributed by atoms with E-state index in [2.05, 4.69) is 22.4 Å². The highest BCUT2D eigenvalue weighted by Crippen LogP contribution is 2.18. The normalized spacial score (nSPS) is 10.6. The second kappa shape index (κ2) is 8.26. The standard InChI is InChI=1S/C16H20FN3O2/c1-2-3-4-11-18-14(21)9-10-15-19-20-16(22-15)12-5-7-13(17)8-6-12/h5-8H,2-4,9-11H2,1H3,(H,18,21). The summed E-state index contributed by atoms with van der Waals surface area (Å²) in [7, 11) is 0. The number of nitrogens with zero attached hydrogens (tertiary/aromatic N) is 2. The summed E-state index contributed by atoms with van der Waals surface area (Å²) in [4.78, 5) is 11.7. The van der Waals surface area contributed by atoms with E-state index in [1.54, 1.807) is 12.1 Å². The van der Waals surface area contributed by atoms with Gasteiger partial charge in [-0.1, -0.05) is 19.8 Å². The number of benzene rings is 1. The van der Waals surface area contributed by atoms with Crippen molar-refractivity contribution in [2.45, 2.75) is 39.0 Å². The second-order valence-electron chi connectivity index (χ2n) is 5.06. The number of carbonyl (C=O) groups excluding carboxylic acids is 1. The van der Waals surface area contributed by atoms with Crippen LogP contribution in [0.1, 0.15) is 38.5 Å². The van der Waals surface area contributed by atoms with E-state index in [0.29, 0.717) is 36.7 Å². The maximum absolute atomic E-state index is 12.9. The lowest BCUT2D eigenvalue weighted by molar-refractivity contribution is -0.121. The van der Waals surface area contributed by atoms with E-state index in [-0.39, 0.29) is 11.7 Å². The molecule has 118 valence electrons. The van der Waals surface area contributed by atoms with E-state index in [4.69, 9.17) is 4.42 Å².